The van der Waals surface area contributed by atoms with Gasteiger partial charge in [-0.2, -0.15) is 0 Å². The van der Waals surface area contributed by atoms with Crippen molar-refractivity contribution in [2.45, 2.75) is 26.9 Å². The zero-order valence-electron chi connectivity index (χ0n) is 10.7. The number of nitrogens with zero attached hydrogens (tertiary/aromatic N) is 1. The number of H-pyrrole nitrogens is 1. The van der Waals surface area contributed by atoms with Crippen molar-refractivity contribution in [3.8, 4) is 17.4 Å². The molecule has 0 aliphatic heterocycles. The van der Waals surface area contributed by atoms with E-state index in [1.54, 1.807) is 18.2 Å². The third kappa shape index (κ3) is 3.16. The number of hydrogen-bond acceptors (Lipinski definition) is 4. The molecule has 1 aromatic heterocycles. The number of hydrogen-bond donors (Lipinski definition) is 2. The standard InChI is InChI=1S/C13H17N3O2/c1-8(2)17-11-5-10(14)6-12(7-11)18-13-4-9(3)15-16-13/h4-8H,14H2,1-3H3,(H,15,16). The summed E-state index contributed by atoms with van der Waals surface area (Å²) in [5.41, 5.74) is 7.34. The maximum Gasteiger partial charge on any atom is 0.238 e. The molecule has 0 aliphatic rings. The number of nitrogens with one attached hydrogen (secondary N) is 1. The molecule has 0 amide bonds. The Morgan fingerprint density at radius 2 is 1.89 bits per heavy atom. The van der Waals surface area contributed by atoms with Crippen LogP contribution in [0.15, 0.2) is 24.3 Å². The van der Waals surface area contributed by atoms with E-state index in [2.05, 4.69) is 10.2 Å². The number of aromatic amines is 1. The molecule has 0 unspecified atom stereocenters. The Bertz CT molecular complexity index is 535. The predicted molar refractivity (Wildman–Crippen MR) is 70.0 cm³/mol. The van der Waals surface area contributed by atoms with Gasteiger partial charge in [-0.3, -0.25) is 5.10 Å². The molecule has 0 saturated carbocycles. The summed E-state index contributed by atoms with van der Waals surface area (Å²) in [7, 11) is 0. The van der Waals surface area contributed by atoms with Gasteiger partial charge >= 0.3 is 0 Å². The van der Waals surface area contributed by atoms with Gasteiger partial charge in [-0.25, -0.2) is 0 Å². The molecule has 1 aromatic carbocycles. The number of nitrogen functional groups attached to an aromatic ring is 1. The van der Waals surface area contributed by atoms with Crippen LogP contribution in [-0.4, -0.2) is 16.3 Å². The van der Waals surface area contributed by atoms with Crippen LogP contribution in [0, 0.1) is 6.92 Å². The Hall–Kier alpha value is -2.17. The van der Waals surface area contributed by atoms with Crippen molar-refractivity contribution in [2.75, 3.05) is 5.73 Å². The van der Waals surface area contributed by atoms with E-state index >= 15 is 0 Å². The molecule has 0 fully saturated rings. The second-order valence-electron chi connectivity index (χ2n) is 4.40. The highest BCUT2D eigenvalue weighted by atomic mass is 16.5. The molecule has 0 bridgehead atoms. The van der Waals surface area contributed by atoms with Crippen molar-refractivity contribution in [1.82, 2.24) is 10.2 Å². The van der Waals surface area contributed by atoms with Crippen molar-refractivity contribution in [2.24, 2.45) is 0 Å². The van der Waals surface area contributed by atoms with E-state index in [4.69, 9.17) is 15.2 Å². The summed E-state index contributed by atoms with van der Waals surface area (Å²) in [5, 5.41) is 6.82. The van der Waals surface area contributed by atoms with Crippen molar-refractivity contribution >= 4 is 5.69 Å². The van der Waals surface area contributed by atoms with E-state index in [0.29, 0.717) is 23.1 Å². The first-order valence-corrected chi connectivity index (χ1v) is 5.80. The van der Waals surface area contributed by atoms with Crippen LogP contribution < -0.4 is 15.2 Å². The summed E-state index contributed by atoms with van der Waals surface area (Å²) in [6, 6.07) is 7.10. The number of aromatic nitrogens is 2. The number of rotatable bonds is 4. The normalized spacial score (nSPS) is 10.7. The highest BCUT2D eigenvalue weighted by molar-refractivity contribution is 5.51. The molecule has 0 radical (unpaired) electrons. The Morgan fingerprint density at radius 1 is 1.17 bits per heavy atom. The van der Waals surface area contributed by atoms with Gasteiger partial charge in [0.15, 0.2) is 0 Å². The minimum atomic E-state index is 0.0901. The average molecular weight is 247 g/mol. The predicted octanol–water partition coefficient (Wildman–Crippen LogP) is 2.88. The van der Waals surface area contributed by atoms with Gasteiger partial charge in [-0.05, 0) is 20.8 Å². The van der Waals surface area contributed by atoms with E-state index in [1.165, 1.54) is 0 Å². The number of nitrogens with two attached hydrogens (primary N) is 1. The molecular weight excluding hydrogens is 230 g/mol. The van der Waals surface area contributed by atoms with Gasteiger partial charge < -0.3 is 15.2 Å². The van der Waals surface area contributed by atoms with Crippen LogP contribution in [0.3, 0.4) is 0 Å². The van der Waals surface area contributed by atoms with E-state index in [-0.39, 0.29) is 6.10 Å². The zero-order valence-corrected chi connectivity index (χ0v) is 10.7. The molecule has 2 rings (SSSR count). The summed E-state index contributed by atoms with van der Waals surface area (Å²) < 4.78 is 11.2. The molecule has 1 heterocycles. The molecular formula is C13H17N3O2. The van der Waals surface area contributed by atoms with Gasteiger partial charge in [-0.15, -0.1) is 5.10 Å². The largest absolute Gasteiger partial charge is 0.491 e. The minimum Gasteiger partial charge on any atom is -0.491 e. The van der Waals surface area contributed by atoms with Crippen molar-refractivity contribution in [1.29, 1.82) is 0 Å². The van der Waals surface area contributed by atoms with Crippen LogP contribution in [0.5, 0.6) is 17.4 Å². The van der Waals surface area contributed by atoms with Gasteiger partial charge in [0.25, 0.3) is 0 Å². The fourth-order valence-corrected chi connectivity index (χ4v) is 1.56. The minimum absolute atomic E-state index is 0.0901. The number of aryl methyl sites for hydroxylation is 1. The maximum atomic E-state index is 5.81. The summed E-state index contributed by atoms with van der Waals surface area (Å²) in [6.45, 7) is 5.83. The molecule has 96 valence electrons. The molecule has 5 heteroatoms. The van der Waals surface area contributed by atoms with Gasteiger partial charge in [-0.1, -0.05) is 0 Å². The lowest BCUT2D eigenvalue weighted by Gasteiger charge is -2.11. The summed E-state index contributed by atoms with van der Waals surface area (Å²) in [5.74, 6) is 1.80. The average Bonchev–Trinajstić information content (AvgIpc) is 2.61. The van der Waals surface area contributed by atoms with Gasteiger partial charge in [0.1, 0.15) is 11.5 Å². The van der Waals surface area contributed by atoms with Gasteiger partial charge in [0.2, 0.25) is 5.88 Å². The quantitative estimate of drug-likeness (QED) is 0.815. The molecule has 0 aliphatic carbocycles. The van der Waals surface area contributed by atoms with Crippen LogP contribution in [0.2, 0.25) is 0 Å². The summed E-state index contributed by atoms with van der Waals surface area (Å²) >= 11 is 0. The molecule has 5 nitrogen and oxygen atoms in total. The number of anilines is 1. The lowest BCUT2D eigenvalue weighted by Crippen LogP contribution is -2.05. The maximum absolute atomic E-state index is 5.81. The second-order valence-corrected chi connectivity index (χ2v) is 4.40. The van der Waals surface area contributed by atoms with Crippen LogP contribution in [-0.2, 0) is 0 Å². The first kappa shape index (κ1) is 12.3. The smallest absolute Gasteiger partial charge is 0.238 e. The SMILES string of the molecule is Cc1cc(Oc2cc(N)cc(OC(C)C)c2)n[nH]1. The lowest BCUT2D eigenvalue weighted by molar-refractivity contribution is 0.241. The summed E-state index contributed by atoms with van der Waals surface area (Å²) in [4.78, 5) is 0. The highest BCUT2D eigenvalue weighted by Gasteiger charge is 2.06. The van der Waals surface area contributed by atoms with Crippen molar-refractivity contribution < 1.29 is 9.47 Å². The van der Waals surface area contributed by atoms with E-state index in [1.807, 2.05) is 26.8 Å². The van der Waals surface area contributed by atoms with Crippen molar-refractivity contribution in [3.05, 3.63) is 30.0 Å². The molecule has 3 N–H and O–H groups in total. The van der Waals surface area contributed by atoms with Crippen LogP contribution >= 0.6 is 0 Å². The van der Waals surface area contributed by atoms with E-state index in [0.717, 1.165) is 5.69 Å². The third-order valence-electron chi connectivity index (χ3n) is 2.18. The monoisotopic (exact) mass is 247 g/mol. The van der Waals surface area contributed by atoms with Crippen LogP contribution in [0.1, 0.15) is 19.5 Å². The topological polar surface area (TPSA) is 73.2 Å². The van der Waals surface area contributed by atoms with Crippen LogP contribution in [0.4, 0.5) is 5.69 Å². The Kier molecular flexibility index (Phi) is 3.41. The molecule has 0 atom stereocenters. The fourth-order valence-electron chi connectivity index (χ4n) is 1.56. The fraction of sp³-hybridized carbons (Fsp3) is 0.308. The molecule has 0 saturated heterocycles. The van der Waals surface area contributed by atoms with E-state index < -0.39 is 0 Å². The Balaban J connectivity index is 2.19. The Labute approximate surface area is 106 Å². The zero-order chi connectivity index (χ0) is 13.1. The number of ether oxygens (including phenoxy) is 2. The molecule has 0 spiro atoms. The van der Waals surface area contributed by atoms with Crippen molar-refractivity contribution in [3.63, 3.8) is 0 Å². The second kappa shape index (κ2) is 5.00. The first-order valence-electron chi connectivity index (χ1n) is 5.80. The Morgan fingerprint density at radius 3 is 2.50 bits per heavy atom. The number of benzene rings is 1. The third-order valence-corrected chi connectivity index (χ3v) is 2.18. The van der Waals surface area contributed by atoms with Gasteiger partial charge in [0.05, 0.1) is 6.10 Å². The van der Waals surface area contributed by atoms with Crippen LogP contribution in [0.25, 0.3) is 0 Å². The molecule has 18 heavy (non-hydrogen) atoms. The molecule has 2 aromatic rings. The highest BCUT2D eigenvalue weighted by Crippen LogP contribution is 2.28. The summed E-state index contributed by atoms with van der Waals surface area (Å²) in [6.07, 6.45) is 0.0901. The lowest BCUT2D eigenvalue weighted by atomic mass is 10.3. The van der Waals surface area contributed by atoms with Gasteiger partial charge in [0, 0.05) is 35.6 Å². The van der Waals surface area contributed by atoms with E-state index in [9.17, 15) is 0 Å². The first-order chi connectivity index (χ1) is 8.52.